The van der Waals surface area contributed by atoms with Crippen LogP contribution in [0.3, 0.4) is 0 Å². The third-order valence-corrected chi connectivity index (χ3v) is 2.72. The summed E-state index contributed by atoms with van der Waals surface area (Å²) < 4.78 is 5.42. The number of ether oxygens (including phenoxy) is 1. The molecule has 1 aromatic rings. The largest absolute Gasteiger partial charge is 0.619 e. The molecule has 1 aromatic heterocycles. The van der Waals surface area contributed by atoms with Crippen LogP contribution in [0.4, 0.5) is 0 Å². The molecule has 0 saturated carbocycles. The summed E-state index contributed by atoms with van der Waals surface area (Å²) in [6.45, 7) is 3.63. The van der Waals surface area contributed by atoms with Gasteiger partial charge in [0.15, 0.2) is 19.0 Å². The lowest BCUT2D eigenvalue weighted by molar-refractivity contribution is -0.605. The molecular weight excluding hydrogens is 248 g/mol. The Bertz CT molecular complexity index is 427. The summed E-state index contributed by atoms with van der Waals surface area (Å²) >= 11 is 0. The topological polar surface area (TPSA) is 82.3 Å². The number of hydrogen-bond donors (Lipinski definition) is 1. The Labute approximate surface area is 112 Å². The molecule has 0 bridgehead atoms. The molecule has 1 N–H and O–H groups in total. The number of esters is 1. The second-order valence-electron chi connectivity index (χ2n) is 4.10. The zero-order valence-electron chi connectivity index (χ0n) is 11.1. The van der Waals surface area contributed by atoms with Crippen molar-refractivity contribution in [2.75, 3.05) is 6.61 Å². The number of carbonyl (C=O) groups is 2. The molecule has 0 aromatic carbocycles. The molecule has 0 unspecified atom stereocenters. The third kappa shape index (κ3) is 4.95. The van der Waals surface area contributed by atoms with Gasteiger partial charge in [0.2, 0.25) is 0 Å². The van der Waals surface area contributed by atoms with Gasteiger partial charge in [0.1, 0.15) is 0 Å². The van der Waals surface area contributed by atoms with Gasteiger partial charge in [0.25, 0.3) is 5.91 Å². The van der Waals surface area contributed by atoms with Gasteiger partial charge in [0, 0.05) is 18.2 Å². The SMILES string of the molecule is CCC(CC)NC(=O)COC(=O)c1cc[n+]([O-])cc1. The van der Waals surface area contributed by atoms with Gasteiger partial charge in [-0.05, 0) is 12.8 Å². The van der Waals surface area contributed by atoms with Crippen molar-refractivity contribution < 1.29 is 19.1 Å². The minimum absolute atomic E-state index is 0.0994. The lowest BCUT2D eigenvalue weighted by Crippen LogP contribution is -2.36. The minimum atomic E-state index is -0.625. The standard InChI is InChI=1S/C13H18N2O4/c1-3-11(4-2)14-12(16)9-19-13(17)10-5-7-15(18)8-6-10/h5-8,11H,3-4,9H2,1-2H3,(H,14,16). The van der Waals surface area contributed by atoms with Crippen molar-refractivity contribution in [1.82, 2.24) is 5.32 Å². The first-order valence-corrected chi connectivity index (χ1v) is 6.22. The van der Waals surface area contributed by atoms with Gasteiger partial charge in [-0.3, -0.25) is 4.79 Å². The first kappa shape index (κ1) is 14.9. The summed E-state index contributed by atoms with van der Waals surface area (Å²) in [6, 6.07) is 2.78. The van der Waals surface area contributed by atoms with E-state index in [4.69, 9.17) is 4.74 Å². The lowest BCUT2D eigenvalue weighted by Gasteiger charge is -2.14. The third-order valence-electron chi connectivity index (χ3n) is 2.72. The zero-order chi connectivity index (χ0) is 14.3. The van der Waals surface area contributed by atoms with E-state index in [-0.39, 0.29) is 24.1 Å². The highest BCUT2D eigenvalue weighted by atomic mass is 16.5. The first-order valence-electron chi connectivity index (χ1n) is 6.22. The molecule has 0 aliphatic rings. The molecule has 19 heavy (non-hydrogen) atoms. The monoisotopic (exact) mass is 266 g/mol. The van der Waals surface area contributed by atoms with E-state index >= 15 is 0 Å². The van der Waals surface area contributed by atoms with Crippen LogP contribution in [0.2, 0.25) is 0 Å². The summed E-state index contributed by atoms with van der Waals surface area (Å²) in [5, 5.41) is 13.6. The van der Waals surface area contributed by atoms with Gasteiger partial charge in [0.05, 0.1) is 5.56 Å². The molecule has 104 valence electrons. The number of amides is 1. The maximum atomic E-state index is 11.6. The highest BCUT2D eigenvalue weighted by Gasteiger charge is 2.13. The van der Waals surface area contributed by atoms with Gasteiger partial charge in [-0.1, -0.05) is 13.8 Å². The Hall–Kier alpha value is -2.11. The number of nitrogens with zero attached hydrogens (tertiary/aromatic N) is 1. The predicted molar refractivity (Wildman–Crippen MR) is 68.2 cm³/mol. The smallest absolute Gasteiger partial charge is 0.339 e. The van der Waals surface area contributed by atoms with Crippen molar-refractivity contribution >= 4 is 11.9 Å². The molecule has 0 aliphatic heterocycles. The fraction of sp³-hybridized carbons (Fsp3) is 0.462. The average Bonchev–Trinajstić information content (AvgIpc) is 2.43. The molecule has 0 radical (unpaired) electrons. The fourth-order valence-electron chi connectivity index (χ4n) is 1.53. The van der Waals surface area contributed by atoms with E-state index in [1.807, 2.05) is 13.8 Å². The van der Waals surface area contributed by atoms with E-state index in [9.17, 15) is 14.8 Å². The summed E-state index contributed by atoms with van der Waals surface area (Å²) in [5.74, 6) is -0.947. The van der Waals surface area contributed by atoms with Crippen LogP contribution in [0.15, 0.2) is 24.5 Å². The van der Waals surface area contributed by atoms with Gasteiger partial charge in [-0.2, -0.15) is 4.73 Å². The van der Waals surface area contributed by atoms with E-state index in [1.54, 1.807) is 0 Å². The maximum absolute atomic E-state index is 11.6. The Balaban J connectivity index is 2.41. The quantitative estimate of drug-likeness (QED) is 0.468. The molecule has 1 heterocycles. The predicted octanol–water partition coefficient (Wildman–Crippen LogP) is 0.782. The maximum Gasteiger partial charge on any atom is 0.339 e. The van der Waals surface area contributed by atoms with Crippen LogP contribution in [0.25, 0.3) is 0 Å². The number of rotatable bonds is 6. The van der Waals surface area contributed by atoms with Crippen molar-refractivity contribution in [3.8, 4) is 0 Å². The average molecular weight is 266 g/mol. The van der Waals surface area contributed by atoms with Gasteiger partial charge in [-0.15, -0.1) is 0 Å². The molecule has 6 heteroatoms. The number of nitrogens with one attached hydrogen (secondary N) is 1. The van der Waals surface area contributed by atoms with Gasteiger partial charge >= 0.3 is 5.97 Å². The van der Waals surface area contributed by atoms with Crippen molar-refractivity contribution in [2.24, 2.45) is 0 Å². The molecule has 1 amide bonds. The zero-order valence-corrected chi connectivity index (χ0v) is 11.1. The second-order valence-corrected chi connectivity index (χ2v) is 4.10. The van der Waals surface area contributed by atoms with Crippen molar-refractivity contribution in [1.29, 1.82) is 0 Å². The van der Waals surface area contributed by atoms with E-state index in [1.165, 1.54) is 24.5 Å². The number of aromatic nitrogens is 1. The Morgan fingerprint density at radius 3 is 2.42 bits per heavy atom. The van der Waals surface area contributed by atoms with Crippen molar-refractivity contribution in [2.45, 2.75) is 32.7 Å². The normalized spacial score (nSPS) is 10.3. The molecule has 0 atom stereocenters. The summed E-state index contributed by atoms with van der Waals surface area (Å²) in [6.07, 6.45) is 4.05. The number of carbonyl (C=O) groups excluding carboxylic acids is 2. The molecule has 0 spiro atoms. The summed E-state index contributed by atoms with van der Waals surface area (Å²) in [4.78, 5) is 23.1. The second kappa shape index (κ2) is 7.35. The molecular formula is C13H18N2O4. The van der Waals surface area contributed by atoms with Gasteiger partial charge < -0.3 is 15.3 Å². The molecule has 1 rings (SSSR count). The van der Waals surface area contributed by atoms with Crippen LogP contribution < -0.4 is 10.0 Å². The Kier molecular flexibility index (Phi) is 5.78. The van der Waals surface area contributed by atoms with E-state index < -0.39 is 5.97 Å². The van der Waals surface area contributed by atoms with Crippen LogP contribution in [-0.4, -0.2) is 24.5 Å². The summed E-state index contributed by atoms with van der Waals surface area (Å²) in [5.41, 5.74) is 0.238. The van der Waals surface area contributed by atoms with Crippen LogP contribution >= 0.6 is 0 Å². The highest BCUT2D eigenvalue weighted by molar-refractivity contribution is 5.91. The molecule has 6 nitrogen and oxygen atoms in total. The van der Waals surface area contributed by atoms with E-state index in [0.29, 0.717) is 4.73 Å². The molecule has 0 fully saturated rings. The van der Waals surface area contributed by atoms with E-state index in [2.05, 4.69) is 5.32 Å². The Morgan fingerprint density at radius 1 is 1.32 bits per heavy atom. The van der Waals surface area contributed by atoms with Crippen LogP contribution in [0, 0.1) is 5.21 Å². The summed E-state index contributed by atoms with van der Waals surface area (Å²) in [7, 11) is 0. The minimum Gasteiger partial charge on any atom is -0.619 e. The van der Waals surface area contributed by atoms with Crippen LogP contribution in [0.5, 0.6) is 0 Å². The lowest BCUT2D eigenvalue weighted by atomic mass is 10.2. The van der Waals surface area contributed by atoms with Crippen molar-refractivity contribution in [3.63, 3.8) is 0 Å². The fourth-order valence-corrected chi connectivity index (χ4v) is 1.53. The first-order chi connectivity index (χ1) is 9.06. The number of pyridine rings is 1. The van der Waals surface area contributed by atoms with Gasteiger partial charge in [-0.25, -0.2) is 4.79 Å². The van der Waals surface area contributed by atoms with E-state index in [0.717, 1.165) is 12.8 Å². The van der Waals surface area contributed by atoms with Crippen LogP contribution in [0.1, 0.15) is 37.0 Å². The van der Waals surface area contributed by atoms with Crippen molar-refractivity contribution in [3.05, 3.63) is 35.3 Å². The number of hydrogen-bond acceptors (Lipinski definition) is 4. The molecule has 0 saturated heterocycles. The highest BCUT2D eigenvalue weighted by Crippen LogP contribution is 1.99. The van der Waals surface area contributed by atoms with Crippen LogP contribution in [-0.2, 0) is 9.53 Å². The Morgan fingerprint density at radius 2 is 1.89 bits per heavy atom. The molecule has 0 aliphatic carbocycles.